The van der Waals surface area contributed by atoms with E-state index in [4.69, 9.17) is 27.9 Å². The molecule has 0 aliphatic carbocycles. The van der Waals surface area contributed by atoms with Gasteiger partial charge in [-0.1, -0.05) is 35.3 Å². The van der Waals surface area contributed by atoms with Crippen LogP contribution in [0.1, 0.15) is 11.1 Å². The maximum absolute atomic E-state index is 6.15. The number of nitrogens with zero attached hydrogens (tertiary/aromatic N) is 2. The highest BCUT2D eigenvalue weighted by Crippen LogP contribution is 2.21. The van der Waals surface area contributed by atoms with Crippen molar-refractivity contribution in [2.45, 2.75) is 13.1 Å². The van der Waals surface area contributed by atoms with Crippen molar-refractivity contribution in [2.24, 2.45) is 0 Å². The summed E-state index contributed by atoms with van der Waals surface area (Å²) in [7, 11) is 3.70. The van der Waals surface area contributed by atoms with Crippen molar-refractivity contribution in [1.82, 2.24) is 9.88 Å². The summed E-state index contributed by atoms with van der Waals surface area (Å²) in [6.07, 6.45) is 1.72. The normalized spacial score (nSPS) is 10.8. The lowest BCUT2D eigenvalue weighted by molar-refractivity contribution is 0.318. The number of benzene rings is 1. The van der Waals surface area contributed by atoms with Crippen LogP contribution in [0, 0.1) is 0 Å². The SMILES string of the molecule is COc1cccc(CN(C)Cc2cnc(Cl)cc2Cl)c1. The number of aromatic nitrogens is 1. The molecule has 0 unspecified atom stereocenters. The number of hydrogen-bond donors (Lipinski definition) is 0. The second-order valence-corrected chi connectivity index (χ2v) is 5.42. The molecule has 106 valence electrons. The van der Waals surface area contributed by atoms with E-state index in [9.17, 15) is 0 Å². The lowest BCUT2D eigenvalue weighted by Gasteiger charge is -2.17. The van der Waals surface area contributed by atoms with Crippen molar-refractivity contribution in [3.63, 3.8) is 0 Å². The average molecular weight is 311 g/mol. The largest absolute Gasteiger partial charge is 0.497 e. The van der Waals surface area contributed by atoms with Crippen molar-refractivity contribution in [3.05, 3.63) is 57.8 Å². The summed E-state index contributed by atoms with van der Waals surface area (Å²) < 4.78 is 5.22. The molecular formula is C15H16Cl2N2O. The second kappa shape index (κ2) is 6.93. The van der Waals surface area contributed by atoms with Gasteiger partial charge in [0, 0.05) is 29.9 Å². The first kappa shape index (κ1) is 15.1. The van der Waals surface area contributed by atoms with Gasteiger partial charge in [0.05, 0.1) is 7.11 Å². The molecule has 0 fully saturated rings. The molecule has 2 rings (SSSR count). The molecule has 0 bridgehead atoms. The lowest BCUT2D eigenvalue weighted by Crippen LogP contribution is -2.17. The Kier molecular flexibility index (Phi) is 5.24. The number of halogens is 2. The van der Waals surface area contributed by atoms with Gasteiger partial charge in [0.1, 0.15) is 10.9 Å². The van der Waals surface area contributed by atoms with E-state index < -0.39 is 0 Å². The van der Waals surface area contributed by atoms with Crippen LogP contribution in [0.4, 0.5) is 0 Å². The van der Waals surface area contributed by atoms with Crippen molar-refractivity contribution in [3.8, 4) is 5.75 Å². The van der Waals surface area contributed by atoms with Gasteiger partial charge in [-0.05, 0) is 30.8 Å². The Morgan fingerprint density at radius 3 is 2.70 bits per heavy atom. The summed E-state index contributed by atoms with van der Waals surface area (Å²) in [6, 6.07) is 9.68. The van der Waals surface area contributed by atoms with E-state index in [0.29, 0.717) is 16.7 Å². The first-order chi connectivity index (χ1) is 9.58. The number of pyridine rings is 1. The van der Waals surface area contributed by atoms with Gasteiger partial charge in [0.15, 0.2) is 0 Å². The van der Waals surface area contributed by atoms with Crippen LogP contribution >= 0.6 is 23.2 Å². The minimum absolute atomic E-state index is 0.411. The number of ether oxygens (including phenoxy) is 1. The summed E-state index contributed by atoms with van der Waals surface area (Å²) in [5.41, 5.74) is 2.14. The van der Waals surface area contributed by atoms with Gasteiger partial charge in [0.25, 0.3) is 0 Å². The molecule has 5 heteroatoms. The topological polar surface area (TPSA) is 25.4 Å². The fourth-order valence-corrected chi connectivity index (χ4v) is 2.41. The fourth-order valence-electron chi connectivity index (χ4n) is 1.98. The minimum Gasteiger partial charge on any atom is -0.497 e. The van der Waals surface area contributed by atoms with Gasteiger partial charge in [-0.3, -0.25) is 4.90 Å². The fraction of sp³-hybridized carbons (Fsp3) is 0.267. The number of rotatable bonds is 5. The first-order valence-electron chi connectivity index (χ1n) is 6.20. The summed E-state index contributed by atoms with van der Waals surface area (Å²) >= 11 is 11.9. The number of methoxy groups -OCH3 is 1. The maximum Gasteiger partial charge on any atom is 0.130 e. The lowest BCUT2D eigenvalue weighted by atomic mass is 10.2. The minimum atomic E-state index is 0.411. The van der Waals surface area contributed by atoms with Crippen LogP contribution in [-0.2, 0) is 13.1 Å². The van der Waals surface area contributed by atoms with E-state index in [-0.39, 0.29) is 0 Å². The molecule has 1 heterocycles. The van der Waals surface area contributed by atoms with Gasteiger partial charge in [-0.25, -0.2) is 4.98 Å². The van der Waals surface area contributed by atoms with Gasteiger partial charge < -0.3 is 4.74 Å². The molecular weight excluding hydrogens is 295 g/mol. The monoisotopic (exact) mass is 310 g/mol. The standard InChI is InChI=1S/C15H16Cl2N2O/c1-19(9-11-4-3-5-13(6-11)20-2)10-12-8-18-15(17)7-14(12)16/h3-8H,9-10H2,1-2H3. The smallest absolute Gasteiger partial charge is 0.130 e. The Hall–Kier alpha value is -1.29. The highest BCUT2D eigenvalue weighted by atomic mass is 35.5. The molecule has 20 heavy (non-hydrogen) atoms. The zero-order valence-electron chi connectivity index (χ0n) is 11.4. The van der Waals surface area contributed by atoms with Crippen LogP contribution in [0.25, 0.3) is 0 Å². The second-order valence-electron chi connectivity index (χ2n) is 4.62. The van der Waals surface area contributed by atoms with E-state index >= 15 is 0 Å². The summed E-state index contributed by atoms with van der Waals surface area (Å²) in [4.78, 5) is 6.22. The molecule has 3 nitrogen and oxygen atoms in total. The van der Waals surface area contributed by atoms with Crippen LogP contribution in [-0.4, -0.2) is 24.0 Å². The molecule has 0 atom stereocenters. The molecule has 1 aromatic carbocycles. The molecule has 0 saturated heterocycles. The molecule has 0 saturated carbocycles. The van der Waals surface area contributed by atoms with Gasteiger partial charge >= 0.3 is 0 Å². The maximum atomic E-state index is 6.15. The third-order valence-electron chi connectivity index (χ3n) is 2.92. The Morgan fingerprint density at radius 2 is 2.00 bits per heavy atom. The predicted octanol–water partition coefficient (Wildman–Crippen LogP) is 4.03. The molecule has 0 amide bonds. The average Bonchev–Trinajstić information content (AvgIpc) is 2.42. The predicted molar refractivity (Wildman–Crippen MR) is 82.4 cm³/mol. The van der Waals surface area contributed by atoms with Crippen molar-refractivity contribution in [1.29, 1.82) is 0 Å². The van der Waals surface area contributed by atoms with Gasteiger partial charge in [-0.2, -0.15) is 0 Å². The Bertz CT molecular complexity index is 590. The van der Waals surface area contributed by atoms with E-state index in [1.54, 1.807) is 19.4 Å². The third-order valence-corrected chi connectivity index (χ3v) is 3.48. The van der Waals surface area contributed by atoms with Crippen molar-refractivity contribution in [2.75, 3.05) is 14.2 Å². The first-order valence-corrected chi connectivity index (χ1v) is 6.95. The van der Waals surface area contributed by atoms with Crippen molar-refractivity contribution < 1.29 is 4.74 Å². The quantitative estimate of drug-likeness (QED) is 0.780. The zero-order chi connectivity index (χ0) is 14.5. The highest BCUT2D eigenvalue weighted by Gasteiger charge is 2.07. The molecule has 0 N–H and O–H groups in total. The summed E-state index contributed by atoms with van der Waals surface area (Å²) in [5, 5.41) is 1.05. The molecule has 0 aliphatic heterocycles. The molecule has 0 spiro atoms. The molecule has 0 radical (unpaired) electrons. The summed E-state index contributed by atoms with van der Waals surface area (Å²) in [6.45, 7) is 1.51. The molecule has 0 aliphatic rings. The van der Waals surface area contributed by atoms with Crippen LogP contribution in [0.2, 0.25) is 10.2 Å². The van der Waals surface area contributed by atoms with E-state index in [1.165, 1.54) is 5.56 Å². The highest BCUT2D eigenvalue weighted by molar-refractivity contribution is 6.34. The third kappa shape index (κ3) is 4.10. The molecule has 1 aromatic heterocycles. The number of hydrogen-bond acceptors (Lipinski definition) is 3. The zero-order valence-corrected chi connectivity index (χ0v) is 12.9. The van der Waals surface area contributed by atoms with Gasteiger partial charge in [0.2, 0.25) is 0 Å². The summed E-state index contributed by atoms with van der Waals surface area (Å²) in [5.74, 6) is 0.863. The van der Waals surface area contributed by atoms with Crippen LogP contribution in [0.15, 0.2) is 36.5 Å². The van der Waals surface area contributed by atoms with Crippen LogP contribution < -0.4 is 4.74 Å². The van der Waals surface area contributed by atoms with E-state index in [0.717, 1.165) is 17.9 Å². The Morgan fingerprint density at radius 1 is 1.20 bits per heavy atom. The van der Waals surface area contributed by atoms with Crippen molar-refractivity contribution >= 4 is 23.2 Å². The van der Waals surface area contributed by atoms with Crippen LogP contribution in [0.5, 0.6) is 5.75 Å². The Balaban J connectivity index is 2.02. The Labute approximate surface area is 129 Å². The van der Waals surface area contributed by atoms with E-state index in [1.807, 2.05) is 25.2 Å². The van der Waals surface area contributed by atoms with Gasteiger partial charge in [-0.15, -0.1) is 0 Å². The van der Waals surface area contributed by atoms with Crippen LogP contribution in [0.3, 0.4) is 0 Å². The van der Waals surface area contributed by atoms with E-state index in [2.05, 4.69) is 16.0 Å². The molecule has 2 aromatic rings.